The molecule has 105 heavy (non-hydrogen) atoms. The molecule has 8 atom stereocenters. The highest BCUT2D eigenvalue weighted by Crippen LogP contribution is 2.25. The lowest BCUT2D eigenvalue weighted by Crippen LogP contribution is -2.61. The van der Waals surface area contributed by atoms with Crippen LogP contribution in [0.3, 0.4) is 0 Å². The second kappa shape index (κ2) is 42.1. The zero-order chi connectivity index (χ0) is 77.6. The number of rotatable bonds is 44. The van der Waals surface area contributed by atoms with Gasteiger partial charge in [0.2, 0.25) is 59.1 Å². The molecule has 1 saturated heterocycles. The summed E-state index contributed by atoms with van der Waals surface area (Å²) in [5, 5.41) is 31.5. The summed E-state index contributed by atoms with van der Waals surface area (Å²) in [5.74, 6) is -9.06. The van der Waals surface area contributed by atoms with Crippen molar-refractivity contribution in [2.24, 2.45) is 56.2 Å². The summed E-state index contributed by atoms with van der Waals surface area (Å²) in [7, 11) is 2.99. The lowest BCUT2D eigenvalue weighted by atomic mass is 9.94. The number of carbonyl (C=O) groups excluding carboxylic acids is 10. The molecule has 1 heterocycles. The van der Waals surface area contributed by atoms with E-state index >= 15 is 19.2 Å². The molecule has 1 aliphatic rings. The fraction of sp³-hybridized carbons (Fsp3) is 0.547. The maximum absolute atomic E-state index is 15.2. The van der Waals surface area contributed by atoms with Crippen LogP contribution in [0.2, 0.25) is 0 Å². The van der Waals surface area contributed by atoms with Crippen LogP contribution >= 0.6 is 0 Å². The lowest BCUT2D eigenvalue weighted by Gasteiger charge is -2.33. The molecule has 5 rings (SSSR count). The van der Waals surface area contributed by atoms with Gasteiger partial charge in [-0.1, -0.05) is 98.8 Å². The number of hydrogen-bond donors (Lipinski definition) is 14. The Morgan fingerprint density at radius 2 is 1.03 bits per heavy atom. The number of fused-ring (bicyclic) bond motifs is 1. The molecule has 30 nitrogen and oxygen atoms in total. The number of likely N-dealkylation sites (tertiary alicyclic amines) is 1. The van der Waals surface area contributed by atoms with E-state index in [2.05, 4.69) is 65.9 Å². The lowest BCUT2D eigenvalue weighted by molar-refractivity contribution is -0.142. The Kier molecular flexibility index (Phi) is 34.4. The van der Waals surface area contributed by atoms with E-state index in [1.54, 1.807) is 49.6 Å². The Balaban J connectivity index is 1.41. The molecule has 0 spiro atoms. The number of hydrogen-bond acceptors (Lipinski definition) is 16. The van der Waals surface area contributed by atoms with Crippen LogP contribution < -0.4 is 71.6 Å². The predicted molar refractivity (Wildman–Crippen MR) is 402 cm³/mol. The molecule has 10 amide bonds. The minimum atomic E-state index is -1.52. The Morgan fingerprint density at radius 3 is 1.58 bits per heavy atom. The number of benzene rings is 4. The number of phenols is 1. The van der Waals surface area contributed by atoms with Gasteiger partial charge in [-0.25, -0.2) is 0 Å². The highest BCUT2D eigenvalue weighted by molar-refractivity contribution is 5.99. The average molecular weight is 1460 g/mol. The SMILES string of the molecule is COC(C)(C)CCOC(C)(C)CCCN1CCC(C(=O)N[C@@H](Cc2ccc(O)cc2)C(=O)N[C@@H](Cc2ccc3ccccc3c2)C(=O)N[C@@H](CC(C)C)C(=O)N[C@@H](Cc2ccccc2)C(=O)N[C@@H](CCCN=C(N)N)C(=O)N(C)[C@@H](C)C(=O)N[C@@H](CCCN=C(N)N)C(=O)N[C@@H](CC(N)=O)C(N)=O)CC1. The molecular formula is C75H113N17O13. The molecule has 4 aromatic carbocycles. The van der Waals surface area contributed by atoms with Crippen molar-refractivity contribution in [3.8, 4) is 5.75 Å². The Morgan fingerprint density at radius 1 is 0.552 bits per heavy atom. The zero-order valence-electron chi connectivity index (χ0n) is 62.3. The van der Waals surface area contributed by atoms with Crippen molar-refractivity contribution in [1.29, 1.82) is 0 Å². The Labute approximate surface area is 615 Å². The zero-order valence-corrected chi connectivity index (χ0v) is 62.3. The van der Waals surface area contributed by atoms with Crippen molar-refractivity contribution in [3.63, 3.8) is 0 Å². The molecule has 0 bridgehead atoms. The number of nitrogens with one attached hydrogen (secondary N) is 7. The Hall–Kier alpha value is -9.94. The van der Waals surface area contributed by atoms with Crippen molar-refractivity contribution < 1.29 is 62.5 Å². The molecule has 1 aliphatic heterocycles. The number of amides is 10. The van der Waals surface area contributed by atoms with Crippen molar-refractivity contribution >= 4 is 81.8 Å². The van der Waals surface area contributed by atoms with Crippen LogP contribution in [-0.2, 0) is 76.7 Å². The second-order valence-electron chi connectivity index (χ2n) is 28.6. The molecule has 4 aromatic rings. The second-order valence-corrected chi connectivity index (χ2v) is 28.6. The molecule has 0 aliphatic carbocycles. The van der Waals surface area contributed by atoms with E-state index < -0.39 is 114 Å². The van der Waals surface area contributed by atoms with Crippen molar-refractivity contribution in [3.05, 3.63) is 114 Å². The smallest absolute Gasteiger partial charge is 0.245 e. The van der Waals surface area contributed by atoms with Crippen LogP contribution in [0.5, 0.6) is 5.75 Å². The summed E-state index contributed by atoms with van der Waals surface area (Å²) in [5.41, 5.74) is 34.3. The quantitative estimate of drug-likeness (QED) is 0.0169. The summed E-state index contributed by atoms with van der Waals surface area (Å²) in [6.45, 7) is 16.1. The van der Waals surface area contributed by atoms with E-state index in [9.17, 15) is 33.9 Å². The third kappa shape index (κ3) is 30.4. The van der Waals surface area contributed by atoms with Crippen LogP contribution in [0.25, 0.3) is 10.8 Å². The monoisotopic (exact) mass is 1460 g/mol. The summed E-state index contributed by atoms with van der Waals surface area (Å²) in [6, 6.07) is 17.3. The molecule has 30 heteroatoms. The summed E-state index contributed by atoms with van der Waals surface area (Å²) < 4.78 is 11.8. The van der Waals surface area contributed by atoms with Crippen LogP contribution in [-0.4, -0.2) is 199 Å². The first-order valence-electron chi connectivity index (χ1n) is 35.9. The van der Waals surface area contributed by atoms with Crippen molar-refractivity contribution in [1.82, 2.24) is 47.0 Å². The van der Waals surface area contributed by atoms with Gasteiger partial charge in [-0.15, -0.1) is 0 Å². The summed E-state index contributed by atoms with van der Waals surface area (Å²) in [6.07, 6.45) is 2.86. The number of carbonyl (C=O) groups is 10. The van der Waals surface area contributed by atoms with E-state index in [0.29, 0.717) is 49.2 Å². The molecule has 0 radical (unpaired) electrons. The van der Waals surface area contributed by atoms with E-state index in [1.165, 1.54) is 26.1 Å². The minimum Gasteiger partial charge on any atom is -0.508 e. The minimum absolute atomic E-state index is 0.000563. The average Bonchev–Trinajstić information content (AvgIpc) is 0.836. The van der Waals surface area contributed by atoms with Crippen LogP contribution in [0, 0.1) is 11.8 Å². The topological polar surface area (TPSA) is 481 Å². The molecule has 0 unspecified atom stereocenters. The third-order valence-electron chi connectivity index (χ3n) is 18.6. The third-order valence-corrected chi connectivity index (χ3v) is 18.6. The summed E-state index contributed by atoms with van der Waals surface area (Å²) in [4.78, 5) is 153. The van der Waals surface area contributed by atoms with Gasteiger partial charge in [-0.3, -0.25) is 57.9 Å². The number of guanidine groups is 2. The largest absolute Gasteiger partial charge is 0.508 e. The van der Waals surface area contributed by atoms with Gasteiger partial charge >= 0.3 is 0 Å². The van der Waals surface area contributed by atoms with Crippen LogP contribution in [0.15, 0.2) is 107 Å². The van der Waals surface area contributed by atoms with Gasteiger partial charge in [0.25, 0.3) is 0 Å². The number of nitrogens with two attached hydrogens (primary N) is 6. The number of aromatic hydroxyl groups is 1. The van der Waals surface area contributed by atoms with Crippen LogP contribution in [0.1, 0.15) is 136 Å². The van der Waals surface area contributed by atoms with Crippen LogP contribution in [0.4, 0.5) is 0 Å². The molecule has 576 valence electrons. The maximum Gasteiger partial charge on any atom is 0.245 e. The van der Waals surface area contributed by atoms with Crippen molar-refractivity contribution in [2.75, 3.05) is 53.5 Å². The number of phenolic OH excluding ortho intramolecular Hbond substituents is 1. The molecule has 0 saturated carbocycles. The molecule has 0 aromatic heterocycles. The normalized spacial score (nSPS) is 15.0. The molecule has 20 N–H and O–H groups in total. The standard InChI is InChI=1S/C75H113N17O13/c1-46(2)40-58(67(99)89-60(42-48-18-11-10-12-19-48)68(100)85-56(23-16-35-83-73(80)81)71(103)91(8)47(3)64(96)84-55(22-15-34-82-72(78)79)66(98)86-57(63(77)95)45-62(76)94)88-70(102)61(44-50-24-27-51-20-13-14-21-53(51)41-50)90-69(101)59(43-49-25-28-54(93)29-26-49)87-65(97)52-30-37-92(38-31-52)36-17-32-75(6,7)105-39-33-74(4,5)104-9/h10-14,18-21,24-29,41,46-47,52,55-61,93H,15-17,22-23,30-40,42-45H2,1-9H3,(H2,76,94)(H2,77,95)(H,84,96)(H,85,100)(H,86,98)(H,87,97)(H,88,102)(H,89,99)(H,90,101)(H4,78,79,82)(H4,80,81,83)/t47-,55-,56-,57-,58-,59-,60-,61-/m0/s1. The van der Waals surface area contributed by atoms with Crippen molar-refractivity contribution in [2.45, 2.75) is 198 Å². The van der Waals surface area contributed by atoms with Gasteiger partial charge < -0.3 is 96.0 Å². The molecule has 1 fully saturated rings. The highest BCUT2D eigenvalue weighted by Gasteiger charge is 2.38. The van der Waals surface area contributed by atoms with Gasteiger partial charge in [0, 0.05) is 52.4 Å². The first-order valence-corrected chi connectivity index (χ1v) is 35.9. The first-order chi connectivity index (χ1) is 49.6. The van der Waals surface area contributed by atoms with Gasteiger partial charge in [-0.05, 0) is 164 Å². The number of methoxy groups -OCH3 is 1. The number of ether oxygens (including phenoxy) is 2. The predicted octanol–water partition coefficient (Wildman–Crippen LogP) is 1.43. The van der Waals surface area contributed by atoms with E-state index in [-0.39, 0.29) is 105 Å². The number of primary amides is 2. The highest BCUT2D eigenvalue weighted by atomic mass is 16.5. The summed E-state index contributed by atoms with van der Waals surface area (Å²) >= 11 is 0. The number of aliphatic imine (C=N–C) groups is 2. The van der Waals surface area contributed by atoms with E-state index in [4.69, 9.17) is 43.9 Å². The fourth-order valence-corrected chi connectivity index (χ4v) is 12.1. The Bertz CT molecular complexity index is 3600. The van der Waals surface area contributed by atoms with E-state index in [0.717, 1.165) is 41.5 Å². The molecular weight excluding hydrogens is 1350 g/mol. The van der Waals surface area contributed by atoms with Gasteiger partial charge in [0.05, 0.1) is 24.2 Å². The number of nitrogens with zero attached hydrogens (tertiary/aromatic N) is 4. The number of piperidine rings is 1. The first kappa shape index (κ1) is 85.7. The van der Waals surface area contributed by atoms with Gasteiger partial charge in [-0.2, -0.15) is 0 Å². The van der Waals surface area contributed by atoms with Gasteiger partial charge in [0.15, 0.2) is 11.9 Å². The number of likely N-dealkylation sites (N-methyl/N-ethyl adjacent to an activating group) is 1. The fourth-order valence-electron chi connectivity index (χ4n) is 12.1. The van der Waals surface area contributed by atoms with Gasteiger partial charge in [0.1, 0.15) is 54.1 Å². The van der Waals surface area contributed by atoms with E-state index in [1.807, 2.05) is 70.2 Å². The maximum atomic E-state index is 15.2.